The first-order chi connectivity index (χ1) is 16.7. The summed E-state index contributed by atoms with van der Waals surface area (Å²) in [6.07, 6.45) is 14.8. The van der Waals surface area contributed by atoms with Crippen LogP contribution in [-0.4, -0.2) is 23.1 Å². The molecule has 0 radical (unpaired) electrons. The van der Waals surface area contributed by atoms with Gasteiger partial charge in [-0.05, 0) is 105 Å². The summed E-state index contributed by atoms with van der Waals surface area (Å²) >= 11 is 0. The Hall–Kier alpha value is -1.58. The Labute approximate surface area is 219 Å². The van der Waals surface area contributed by atoms with E-state index in [1.807, 2.05) is 6.08 Å². The predicted octanol–water partition coefficient (Wildman–Crippen LogP) is 7.97. The van der Waals surface area contributed by atoms with E-state index in [1.54, 1.807) is 19.4 Å². The van der Waals surface area contributed by atoms with Crippen molar-refractivity contribution < 1.29 is 19.4 Å². The molecule has 0 amide bonds. The summed E-state index contributed by atoms with van der Waals surface area (Å²) in [6, 6.07) is 0. The van der Waals surface area contributed by atoms with Gasteiger partial charge in [-0.3, -0.25) is 4.79 Å². The van der Waals surface area contributed by atoms with Gasteiger partial charge in [0.2, 0.25) is 0 Å². The molecule has 0 saturated heterocycles. The highest BCUT2D eigenvalue weighted by molar-refractivity contribution is 5.85. The predicted molar refractivity (Wildman–Crippen MR) is 144 cm³/mol. The smallest absolute Gasteiger partial charge is 0.330 e. The first kappa shape index (κ1) is 27.5. The van der Waals surface area contributed by atoms with Crippen molar-refractivity contribution in [3.8, 4) is 0 Å². The molecule has 3 fully saturated rings. The average molecular weight is 499 g/mol. The molecule has 0 heterocycles. The summed E-state index contributed by atoms with van der Waals surface area (Å²) in [5.41, 5.74) is 2.99. The van der Waals surface area contributed by atoms with E-state index in [0.29, 0.717) is 34.7 Å². The fourth-order valence-electron chi connectivity index (χ4n) is 9.90. The molecule has 0 aromatic heterocycles. The molecule has 3 unspecified atom stereocenters. The average Bonchev–Trinajstić information content (AvgIpc) is 3.07. The number of carboxylic acid groups (broad SMARTS) is 1. The third-order valence-electron chi connectivity index (χ3n) is 12.2. The Morgan fingerprint density at radius 1 is 1.08 bits per heavy atom. The maximum Gasteiger partial charge on any atom is 0.330 e. The minimum atomic E-state index is -0.803. The second-order valence-electron chi connectivity index (χ2n) is 14.1. The van der Waals surface area contributed by atoms with E-state index < -0.39 is 5.97 Å². The third-order valence-corrected chi connectivity index (χ3v) is 12.2. The largest absolute Gasteiger partial charge is 0.478 e. The van der Waals surface area contributed by atoms with Crippen molar-refractivity contribution in [3.05, 3.63) is 23.3 Å². The minimum absolute atomic E-state index is 0.0167. The van der Waals surface area contributed by atoms with Gasteiger partial charge in [-0.15, -0.1) is 0 Å². The number of hydrogen-bond donors (Lipinski definition) is 1. The summed E-state index contributed by atoms with van der Waals surface area (Å²) in [5, 5.41) is 9.19. The van der Waals surface area contributed by atoms with Crippen LogP contribution in [0.4, 0.5) is 0 Å². The van der Waals surface area contributed by atoms with Crippen LogP contribution in [0.5, 0.6) is 0 Å². The maximum atomic E-state index is 11.8. The molecule has 0 spiro atoms. The molecule has 4 aliphatic rings. The number of ether oxygens (including phenoxy) is 1. The number of fused-ring (bicyclic) bond motifs is 5. The van der Waals surface area contributed by atoms with Crippen molar-refractivity contribution >= 4 is 11.9 Å². The van der Waals surface area contributed by atoms with Crippen LogP contribution in [0, 0.1) is 45.3 Å². The van der Waals surface area contributed by atoms with E-state index in [4.69, 9.17) is 4.74 Å². The van der Waals surface area contributed by atoms with Gasteiger partial charge in [-0.25, -0.2) is 4.79 Å². The summed E-state index contributed by atoms with van der Waals surface area (Å²) in [4.78, 5) is 23.0. The van der Waals surface area contributed by atoms with Gasteiger partial charge >= 0.3 is 11.9 Å². The van der Waals surface area contributed by atoms with E-state index in [0.717, 1.165) is 32.1 Å². The van der Waals surface area contributed by atoms with Crippen LogP contribution in [-0.2, 0) is 14.3 Å². The number of hydrogen-bond acceptors (Lipinski definition) is 3. The molecule has 3 saturated carbocycles. The zero-order valence-corrected chi connectivity index (χ0v) is 24.1. The lowest BCUT2D eigenvalue weighted by molar-refractivity contribution is -0.174. The number of rotatable bonds is 6. The molecule has 4 rings (SSSR count). The van der Waals surface area contributed by atoms with Crippen molar-refractivity contribution in [1.29, 1.82) is 0 Å². The van der Waals surface area contributed by atoms with Crippen LogP contribution in [0.15, 0.2) is 23.3 Å². The van der Waals surface area contributed by atoms with Crippen LogP contribution in [0.1, 0.15) is 113 Å². The zero-order chi connectivity index (χ0) is 26.7. The summed E-state index contributed by atoms with van der Waals surface area (Å²) in [6.45, 7) is 18.0. The highest BCUT2D eigenvalue weighted by atomic mass is 16.5. The van der Waals surface area contributed by atoms with Crippen molar-refractivity contribution in [1.82, 2.24) is 0 Å². The van der Waals surface area contributed by atoms with E-state index in [1.165, 1.54) is 25.7 Å². The second-order valence-corrected chi connectivity index (χ2v) is 14.1. The molecule has 202 valence electrons. The van der Waals surface area contributed by atoms with E-state index in [2.05, 4.69) is 47.6 Å². The van der Waals surface area contributed by atoms with E-state index >= 15 is 0 Å². The number of carboxylic acids is 1. The van der Waals surface area contributed by atoms with Crippen LogP contribution >= 0.6 is 0 Å². The Bertz CT molecular complexity index is 959. The van der Waals surface area contributed by atoms with Gasteiger partial charge in [-0.1, -0.05) is 59.3 Å². The van der Waals surface area contributed by atoms with E-state index in [9.17, 15) is 14.7 Å². The molecule has 4 heteroatoms. The van der Waals surface area contributed by atoms with Crippen molar-refractivity contribution in [2.45, 2.75) is 119 Å². The Balaban J connectivity index is 1.57. The fraction of sp³-hybridized carbons (Fsp3) is 0.812. The van der Waals surface area contributed by atoms with Crippen molar-refractivity contribution in [2.24, 2.45) is 45.3 Å². The molecular weight excluding hydrogens is 448 g/mol. The monoisotopic (exact) mass is 498 g/mol. The Morgan fingerprint density at radius 2 is 1.78 bits per heavy atom. The van der Waals surface area contributed by atoms with Gasteiger partial charge in [0.05, 0.1) is 0 Å². The lowest BCUT2D eigenvalue weighted by atomic mass is 9.41. The normalized spacial score (nSPS) is 42.4. The molecule has 4 nitrogen and oxygen atoms in total. The van der Waals surface area contributed by atoms with Crippen molar-refractivity contribution in [3.63, 3.8) is 0 Å². The SMILES string of the molecule is CC(=O)O[C@@H]1CC[C@]2(C)C3CC[C@@]4(C)C([C@H](C)CC/C=C(/C)C(=O)O)CC[C@]4(C)C3=CCC2C1(C)C. The minimum Gasteiger partial charge on any atom is -0.478 e. The highest BCUT2D eigenvalue weighted by Crippen LogP contribution is 2.73. The molecule has 4 aliphatic carbocycles. The van der Waals surface area contributed by atoms with E-state index in [-0.39, 0.29) is 28.3 Å². The van der Waals surface area contributed by atoms with Gasteiger partial charge in [0.15, 0.2) is 0 Å². The molecule has 36 heavy (non-hydrogen) atoms. The number of allylic oxidation sites excluding steroid dienone is 3. The standard InChI is InChI=1S/C32H50O4/c1-20(10-9-11-21(2)28(34)35)23-14-18-32(8)25-12-13-26-29(4,5)27(36-22(3)33)16-17-30(26,6)24(25)15-19-31(23,32)7/h11-12,20,23-24,26-27H,9-10,13-19H2,1-8H3,(H,34,35)/b21-11-/t20-,23?,24?,26?,27-,30-,31+,32-/m1/s1. The highest BCUT2D eigenvalue weighted by Gasteiger charge is 2.65. The van der Waals surface area contributed by atoms with Gasteiger partial charge in [0, 0.05) is 17.9 Å². The van der Waals surface area contributed by atoms with Crippen LogP contribution in [0.2, 0.25) is 0 Å². The molecule has 0 aromatic carbocycles. The molecular formula is C32H50O4. The number of esters is 1. The van der Waals surface area contributed by atoms with Gasteiger partial charge < -0.3 is 9.84 Å². The first-order valence-electron chi connectivity index (χ1n) is 14.5. The number of carbonyl (C=O) groups is 2. The number of aliphatic carboxylic acids is 1. The summed E-state index contributed by atoms with van der Waals surface area (Å²) in [7, 11) is 0. The van der Waals surface area contributed by atoms with Gasteiger partial charge in [0.25, 0.3) is 0 Å². The second kappa shape index (κ2) is 9.31. The molecule has 8 atom stereocenters. The van der Waals surface area contributed by atoms with Crippen LogP contribution in [0.25, 0.3) is 0 Å². The summed E-state index contributed by atoms with van der Waals surface area (Å²) < 4.78 is 5.85. The lowest BCUT2D eigenvalue weighted by Crippen LogP contribution is -2.58. The van der Waals surface area contributed by atoms with Gasteiger partial charge in [0.1, 0.15) is 6.10 Å². The Morgan fingerprint density at radius 3 is 2.42 bits per heavy atom. The lowest BCUT2D eigenvalue weighted by Gasteiger charge is -2.64. The van der Waals surface area contributed by atoms with Gasteiger partial charge in [-0.2, -0.15) is 0 Å². The quantitative estimate of drug-likeness (QED) is 0.229. The van der Waals surface area contributed by atoms with Crippen LogP contribution in [0.3, 0.4) is 0 Å². The first-order valence-corrected chi connectivity index (χ1v) is 14.5. The number of carbonyl (C=O) groups excluding carboxylic acids is 1. The Kier molecular flexibility index (Phi) is 7.10. The van der Waals surface area contributed by atoms with Crippen molar-refractivity contribution in [2.75, 3.05) is 0 Å². The maximum absolute atomic E-state index is 11.8. The molecule has 0 aromatic rings. The third kappa shape index (κ3) is 4.09. The van der Waals surface area contributed by atoms with Crippen LogP contribution < -0.4 is 0 Å². The summed E-state index contributed by atoms with van der Waals surface area (Å²) in [5.74, 6) is 1.49. The molecule has 0 aliphatic heterocycles. The topological polar surface area (TPSA) is 63.6 Å². The molecule has 0 bridgehead atoms. The zero-order valence-electron chi connectivity index (χ0n) is 24.1. The fourth-order valence-corrected chi connectivity index (χ4v) is 9.90. The molecule has 1 N–H and O–H groups in total.